The molecular formula is C12H20BrN3O. The van der Waals surface area contributed by atoms with E-state index >= 15 is 0 Å². The fourth-order valence-electron chi connectivity index (χ4n) is 2.67. The minimum atomic E-state index is -0.615. The number of likely N-dealkylation sites (N-methyl/N-ethyl adjacent to an activating group) is 1. The van der Waals surface area contributed by atoms with Gasteiger partial charge in [-0.3, -0.25) is 4.68 Å². The summed E-state index contributed by atoms with van der Waals surface area (Å²) in [6.07, 6.45) is 2.59. The molecule has 1 aliphatic heterocycles. The molecule has 5 heteroatoms. The summed E-state index contributed by atoms with van der Waals surface area (Å²) in [6.45, 7) is 3.79. The standard InChI is InChI=1S/C12H20BrN3O/c1-9-11(13)10(16(3)14-9)7-12(17)5-4-6-15(2)8-12/h17H,4-8H2,1-3H3. The number of aliphatic hydroxyl groups is 1. The third-order valence-electron chi connectivity index (χ3n) is 3.50. The Balaban J connectivity index is 2.19. The van der Waals surface area contributed by atoms with Crippen LogP contribution in [0.15, 0.2) is 4.47 Å². The van der Waals surface area contributed by atoms with E-state index in [1.165, 1.54) is 0 Å². The summed E-state index contributed by atoms with van der Waals surface area (Å²) in [5.41, 5.74) is 1.45. The number of aryl methyl sites for hydroxylation is 2. The van der Waals surface area contributed by atoms with E-state index in [9.17, 15) is 5.11 Å². The molecule has 1 fully saturated rings. The van der Waals surface area contributed by atoms with Crippen LogP contribution in [0.2, 0.25) is 0 Å². The largest absolute Gasteiger partial charge is 0.388 e. The van der Waals surface area contributed by atoms with Gasteiger partial charge in [-0.1, -0.05) is 0 Å². The number of piperidine rings is 1. The van der Waals surface area contributed by atoms with Crippen molar-refractivity contribution in [3.05, 3.63) is 15.9 Å². The van der Waals surface area contributed by atoms with E-state index in [1.54, 1.807) is 0 Å². The first-order chi connectivity index (χ1) is 7.91. The molecule has 1 aliphatic rings. The summed E-state index contributed by atoms with van der Waals surface area (Å²) in [5.74, 6) is 0. The molecule has 0 aliphatic carbocycles. The van der Waals surface area contributed by atoms with Crippen molar-refractivity contribution in [3.8, 4) is 0 Å². The lowest BCUT2D eigenvalue weighted by Crippen LogP contribution is -2.48. The van der Waals surface area contributed by atoms with Gasteiger partial charge >= 0.3 is 0 Å². The quantitative estimate of drug-likeness (QED) is 0.900. The van der Waals surface area contributed by atoms with E-state index in [0.717, 1.165) is 41.8 Å². The van der Waals surface area contributed by atoms with Gasteiger partial charge in [0.15, 0.2) is 0 Å². The summed E-state index contributed by atoms with van der Waals surface area (Å²) in [5, 5.41) is 15.0. The van der Waals surface area contributed by atoms with E-state index in [2.05, 4.69) is 33.0 Å². The second kappa shape index (κ2) is 4.71. The predicted molar refractivity (Wildman–Crippen MR) is 71.0 cm³/mol. The summed E-state index contributed by atoms with van der Waals surface area (Å²) in [6, 6.07) is 0. The lowest BCUT2D eigenvalue weighted by Gasteiger charge is -2.37. The second-order valence-corrected chi connectivity index (χ2v) is 6.01. The minimum Gasteiger partial charge on any atom is -0.388 e. The smallest absolute Gasteiger partial charge is 0.0829 e. The van der Waals surface area contributed by atoms with Crippen LogP contribution in [-0.4, -0.2) is 45.5 Å². The van der Waals surface area contributed by atoms with Gasteiger partial charge < -0.3 is 10.0 Å². The molecule has 0 radical (unpaired) electrons. The third-order valence-corrected chi connectivity index (χ3v) is 4.54. The molecule has 1 unspecified atom stereocenters. The summed E-state index contributed by atoms with van der Waals surface area (Å²) in [7, 11) is 4.00. The van der Waals surface area contributed by atoms with Crippen LogP contribution in [0.3, 0.4) is 0 Å². The van der Waals surface area contributed by atoms with Gasteiger partial charge in [0.25, 0.3) is 0 Å². The van der Waals surface area contributed by atoms with Crippen LogP contribution in [-0.2, 0) is 13.5 Å². The Morgan fingerprint density at radius 2 is 2.18 bits per heavy atom. The molecule has 2 heterocycles. The average Bonchev–Trinajstić information content (AvgIpc) is 2.44. The molecular weight excluding hydrogens is 282 g/mol. The van der Waals surface area contributed by atoms with Gasteiger partial charge in [0, 0.05) is 20.0 Å². The van der Waals surface area contributed by atoms with E-state index in [0.29, 0.717) is 6.42 Å². The van der Waals surface area contributed by atoms with Gasteiger partial charge in [-0.05, 0) is 49.3 Å². The number of hydrogen-bond acceptors (Lipinski definition) is 3. The van der Waals surface area contributed by atoms with Crippen LogP contribution in [0.1, 0.15) is 24.2 Å². The zero-order chi connectivity index (χ0) is 12.6. The van der Waals surface area contributed by atoms with Gasteiger partial charge in [0.2, 0.25) is 0 Å². The number of rotatable bonds is 2. The van der Waals surface area contributed by atoms with Crippen LogP contribution < -0.4 is 0 Å². The van der Waals surface area contributed by atoms with Crippen molar-refractivity contribution in [1.82, 2.24) is 14.7 Å². The zero-order valence-electron chi connectivity index (χ0n) is 10.7. The second-order valence-electron chi connectivity index (χ2n) is 5.21. The molecule has 0 saturated carbocycles. The predicted octanol–water partition coefficient (Wildman–Crippen LogP) is 1.49. The van der Waals surface area contributed by atoms with Crippen LogP contribution in [0.5, 0.6) is 0 Å². The van der Waals surface area contributed by atoms with E-state index in [4.69, 9.17) is 0 Å². The molecule has 17 heavy (non-hydrogen) atoms. The number of halogens is 1. The molecule has 4 nitrogen and oxygen atoms in total. The van der Waals surface area contributed by atoms with Crippen molar-refractivity contribution in [2.75, 3.05) is 20.1 Å². The molecule has 0 bridgehead atoms. The SMILES string of the molecule is Cc1nn(C)c(CC2(O)CCCN(C)C2)c1Br. The van der Waals surface area contributed by atoms with Crippen molar-refractivity contribution < 1.29 is 5.11 Å². The number of nitrogens with zero attached hydrogens (tertiary/aromatic N) is 3. The molecule has 96 valence electrons. The lowest BCUT2D eigenvalue weighted by molar-refractivity contribution is -0.0237. The molecule has 0 aromatic carbocycles. The molecule has 1 N–H and O–H groups in total. The summed E-state index contributed by atoms with van der Waals surface area (Å²) in [4.78, 5) is 2.20. The Morgan fingerprint density at radius 1 is 1.47 bits per heavy atom. The van der Waals surface area contributed by atoms with E-state index in [1.807, 2.05) is 18.7 Å². The van der Waals surface area contributed by atoms with Crippen molar-refractivity contribution in [2.45, 2.75) is 31.8 Å². The first-order valence-corrected chi connectivity index (χ1v) is 6.79. The lowest BCUT2D eigenvalue weighted by atomic mass is 9.88. The molecule has 0 spiro atoms. The first-order valence-electron chi connectivity index (χ1n) is 6.00. The van der Waals surface area contributed by atoms with Crippen molar-refractivity contribution in [1.29, 1.82) is 0 Å². The van der Waals surface area contributed by atoms with E-state index < -0.39 is 5.60 Å². The highest BCUT2D eigenvalue weighted by molar-refractivity contribution is 9.10. The highest BCUT2D eigenvalue weighted by Crippen LogP contribution is 2.29. The maximum absolute atomic E-state index is 10.6. The topological polar surface area (TPSA) is 41.3 Å². The minimum absolute atomic E-state index is 0.615. The first kappa shape index (κ1) is 13.1. The van der Waals surface area contributed by atoms with Gasteiger partial charge in [0.1, 0.15) is 0 Å². The van der Waals surface area contributed by atoms with Gasteiger partial charge in [0.05, 0.1) is 21.5 Å². The normalized spacial score (nSPS) is 26.4. The fraction of sp³-hybridized carbons (Fsp3) is 0.750. The fourth-order valence-corrected chi connectivity index (χ4v) is 3.14. The summed E-state index contributed by atoms with van der Waals surface area (Å²) >= 11 is 3.56. The Morgan fingerprint density at radius 3 is 2.71 bits per heavy atom. The Kier molecular flexibility index (Phi) is 3.61. The Hall–Kier alpha value is -0.390. The van der Waals surface area contributed by atoms with Crippen LogP contribution >= 0.6 is 15.9 Å². The molecule has 1 aromatic rings. The number of β-amino-alcohol motifs (C(OH)–C–C–N with tert-alkyl or cyclic N) is 1. The molecule has 2 rings (SSSR count). The van der Waals surface area contributed by atoms with Gasteiger partial charge in [-0.2, -0.15) is 5.10 Å². The zero-order valence-corrected chi connectivity index (χ0v) is 12.3. The van der Waals surface area contributed by atoms with Gasteiger partial charge in [-0.25, -0.2) is 0 Å². The number of likely N-dealkylation sites (tertiary alicyclic amines) is 1. The van der Waals surface area contributed by atoms with Crippen LogP contribution in [0.25, 0.3) is 0 Å². The van der Waals surface area contributed by atoms with Crippen molar-refractivity contribution in [2.24, 2.45) is 7.05 Å². The van der Waals surface area contributed by atoms with E-state index in [-0.39, 0.29) is 0 Å². The molecule has 0 amide bonds. The highest BCUT2D eigenvalue weighted by Gasteiger charge is 2.33. The monoisotopic (exact) mass is 301 g/mol. The highest BCUT2D eigenvalue weighted by atomic mass is 79.9. The number of hydrogen-bond donors (Lipinski definition) is 1. The van der Waals surface area contributed by atoms with Gasteiger partial charge in [-0.15, -0.1) is 0 Å². The molecule has 1 saturated heterocycles. The third kappa shape index (κ3) is 2.72. The summed E-state index contributed by atoms with van der Waals surface area (Å²) < 4.78 is 2.90. The molecule has 1 aromatic heterocycles. The average molecular weight is 302 g/mol. The molecule has 1 atom stereocenters. The Bertz CT molecular complexity index is 418. The van der Waals surface area contributed by atoms with Crippen molar-refractivity contribution in [3.63, 3.8) is 0 Å². The number of aromatic nitrogens is 2. The maximum atomic E-state index is 10.6. The van der Waals surface area contributed by atoms with Crippen LogP contribution in [0, 0.1) is 6.92 Å². The Labute approximate surface area is 111 Å². The van der Waals surface area contributed by atoms with Crippen molar-refractivity contribution >= 4 is 15.9 Å². The van der Waals surface area contributed by atoms with Crippen LogP contribution in [0.4, 0.5) is 0 Å². The maximum Gasteiger partial charge on any atom is 0.0829 e.